The molecule has 0 aliphatic carbocycles. The molecule has 0 unspecified atom stereocenters. The maximum atomic E-state index is 12.6. The number of aromatic hydroxyl groups is 1. The Balaban J connectivity index is 2.52. The molecule has 0 fully saturated rings. The van der Waals surface area contributed by atoms with Crippen LogP contribution in [0.5, 0.6) is 5.75 Å². The lowest BCUT2D eigenvalue weighted by Crippen LogP contribution is -2.21. The molecule has 1 amide bonds. The zero-order valence-corrected chi connectivity index (χ0v) is 15.0. The summed E-state index contributed by atoms with van der Waals surface area (Å²) in [6, 6.07) is 3.45. The molecule has 2 aromatic rings. The van der Waals surface area contributed by atoms with Crippen molar-refractivity contribution in [1.82, 2.24) is 15.0 Å². The van der Waals surface area contributed by atoms with Crippen LogP contribution in [0.2, 0.25) is 0 Å². The van der Waals surface area contributed by atoms with Crippen molar-refractivity contribution in [3.05, 3.63) is 41.5 Å². The van der Waals surface area contributed by atoms with E-state index in [4.69, 9.17) is 0 Å². The highest BCUT2D eigenvalue weighted by molar-refractivity contribution is 6.03. The highest BCUT2D eigenvalue weighted by Gasteiger charge is 2.27. The number of anilines is 1. The molecule has 0 atom stereocenters. The summed E-state index contributed by atoms with van der Waals surface area (Å²) in [6.45, 7) is 12.0. The Hall–Kier alpha value is -2.50. The number of phenolic OH excluding ortho intramolecular Hbond substituents is 1. The number of hydrogen-bond donors (Lipinski definition) is 2. The molecular formula is C18H24N4O2. The molecule has 2 rings (SSSR count). The Morgan fingerprint density at radius 3 is 1.83 bits per heavy atom. The number of carbonyl (C=O) groups is 1. The molecule has 6 heteroatoms. The average Bonchev–Trinajstić information content (AvgIpc) is 2.46. The summed E-state index contributed by atoms with van der Waals surface area (Å²) >= 11 is 0. The van der Waals surface area contributed by atoms with Gasteiger partial charge in [-0.05, 0) is 23.0 Å². The summed E-state index contributed by atoms with van der Waals surface area (Å²) in [4.78, 5) is 24.1. The van der Waals surface area contributed by atoms with Crippen LogP contribution in [0.3, 0.4) is 0 Å². The summed E-state index contributed by atoms with van der Waals surface area (Å²) < 4.78 is 0. The van der Waals surface area contributed by atoms with E-state index in [9.17, 15) is 9.90 Å². The minimum Gasteiger partial charge on any atom is -0.507 e. The Morgan fingerprint density at radius 1 is 0.958 bits per heavy atom. The zero-order valence-electron chi connectivity index (χ0n) is 15.0. The monoisotopic (exact) mass is 328 g/mol. The molecule has 24 heavy (non-hydrogen) atoms. The molecule has 0 bridgehead atoms. The first-order chi connectivity index (χ1) is 11.0. The van der Waals surface area contributed by atoms with Crippen LogP contribution >= 0.6 is 0 Å². The first-order valence-corrected chi connectivity index (χ1v) is 7.81. The number of rotatable bonds is 2. The van der Waals surface area contributed by atoms with E-state index in [2.05, 4.69) is 20.3 Å². The average molecular weight is 328 g/mol. The van der Waals surface area contributed by atoms with Crippen LogP contribution in [0.1, 0.15) is 63.0 Å². The summed E-state index contributed by atoms with van der Waals surface area (Å²) in [7, 11) is 0. The fourth-order valence-electron chi connectivity index (χ4n) is 2.39. The van der Waals surface area contributed by atoms with Crippen LogP contribution in [0.25, 0.3) is 0 Å². The Kier molecular flexibility index (Phi) is 4.60. The minimum atomic E-state index is -0.322. The van der Waals surface area contributed by atoms with Gasteiger partial charge in [0.1, 0.15) is 18.4 Å². The number of benzene rings is 1. The van der Waals surface area contributed by atoms with E-state index in [1.807, 2.05) is 41.5 Å². The van der Waals surface area contributed by atoms with Crippen molar-refractivity contribution in [2.45, 2.75) is 52.4 Å². The van der Waals surface area contributed by atoms with Crippen LogP contribution in [0, 0.1) is 0 Å². The van der Waals surface area contributed by atoms with Crippen molar-refractivity contribution in [1.29, 1.82) is 0 Å². The fraction of sp³-hybridized carbons (Fsp3) is 0.444. The number of hydrogen-bond acceptors (Lipinski definition) is 5. The van der Waals surface area contributed by atoms with Gasteiger partial charge in [0, 0.05) is 16.7 Å². The van der Waals surface area contributed by atoms with Gasteiger partial charge in [0.15, 0.2) is 0 Å². The maximum absolute atomic E-state index is 12.6. The molecule has 6 nitrogen and oxygen atoms in total. The van der Waals surface area contributed by atoms with E-state index < -0.39 is 0 Å². The molecule has 0 aliphatic heterocycles. The van der Waals surface area contributed by atoms with E-state index in [1.165, 1.54) is 12.7 Å². The van der Waals surface area contributed by atoms with Gasteiger partial charge in [0.05, 0.1) is 0 Å². The third kappa shape index (κ3) is 3.88. The number of carbonyl (C=O) groups excluding carboxylic acids is 1. The molecule has 0 aliphatic rings. The lowest BCUT2D eigenvalue weighted by atomic mass is 9.78. The van der Waals surface area contributed by atoms with Crippen molar-refractivity contribution in [3.63, 3.8) is 0 Å². The molecule has 1 aromatic carbocycles. The Labute approximate surface area is 142 Å². The lowest BCUT2D eigenvalue weighted by molar-refractivity contribution is 0.102. The summed E-state index contributed by atoms with van der Waals surface area (Å²) in [5.41, 5.74) is 1.33. The Bertz CT molecular complexity index is 709. The third-order valence-electron chi connectivity index (χ3n) is 3.71. The number of nitrogens with zero attached hydrogens (tertiary/aromatic N) is 3. The van der Waals surface area contributed by atoms with Crippen LogP contribution in [-0.2, 0) is 10.8 Å². The van der Waals surface area contributed by atoms with E-state index in [1.54, 1.807) is 12.1 Å². The summed E-state index contributed by atoms with van der Waals surface area (Å²) in [5, 5.41) is 13.3. The van der Waals surface area contributed by atoms with Crippen LogP contribution in [0.4, 0.5) is 5.95 Å². The second-order valence-electron chi connectivity index (χ2n) is 7.84. The molecule has 2 N–H and O–H groups in total. The predicted molar refractivity (Wildman–Crippen MR) is 93.3 cm³/mol. The van der Waals surface area contributed by atoms with Crippen molar-refractivity contribution in [2.24, 2.45) is 0 Å². The van der Waals surface area contributed by atoms with Gasteiger partial charge in [-0.25, -0.2) is 15.0 Å². The van der Waals surface area contributed by atoms with Gasteiger partial charge in [-0.3, -0.25) is 10.1 Å². The first kappa shape index (κ1) is 17.8. The van der Waals surface area contributed by atoms with Gasteiger partial charge in [-0.2, -0.15) is 0 Å². The zero-order chi connectivity index (χ0) is 18.1. The van der Waals surface area contributed by atoms with Crippen molar-refractivity contribution in [3.8, 4) is 5.75 Å². The van der Waals surface area contributed by atoms with Gasteiger partial charge in [0.2, 0.25) is 5.95 Å². The highest BCUT2D eigenvalue weighted by Crippen LogP contribution is 2.39. The van der Waals surface area contributed by atoms with Crippen LogP contribution < -0.4 is 5.32 Å². The molecule has 1 aromatic heterocycles. The topological polar surface area (TPSA) is 88.0 Å². The van der Waals surface area contributed by atoms with Crippen LogP contribution in [-0.4, -0.2) is 26.0 Å². The van der Waals surface area contributed by atoms with Crippen molar-refractivity contribution < 1.29 is 9.90 Å². The van der Waals surface area contributed by atoms with Crippen molar-refractivity contribution >= 4 is 11.9 Å². The number of nitrogens with one attached hydrogen (secondary N) is 1. The summed E-state index contributed by atoms with van der Waals surface area (Å²) in [5.74, 6) is 0.113. The minimum absolute atomic E-state index is 0.192. The summed E-state index contributed by atoms with van der Waals surface area (Å²) in [6.07, 6.45) is 2.64. The van der Waals surface area contributed by atoms with E-state index in [0.29, 0.717) is 5.56 Å². The van der Waals surface area contributed by atoms with Crippen molar-refractivity contribution in [2.75, 3.05) is 5.32 Å². The largest absolute Gasteiger partial charge is 0.507 e. The van der Waals surface area contributed by atoms with E-state index in [-0.39, 0.29) is 28.4 Å². The molecule has 0 spiro atoms. The maximum Gasteiger partial charge on any atom is 0.258 e. The predicted octanol–water partition coefficient (Wildman–Crippen LogP) is 3.42. The van der Waals surface area contributed by atoms with Gasteiger partial charge < -0.3 is 5.11 Å². The van der Waals surface area contributed by atoms with Gasteiger partial charge in [-0.1, -0.05) is 41.5 Å². The third-order valence-corrected chi connectivity index (χ3v) is 3.71. The van der Waals surface area contributed by atoms with E-state index >= 15 is 0 Å². The molecule has 0 saturated heterocycles. The fourth-order valence-corrected chi connectivity index (χ4v) is 2.39. The number of amides is 1. The molecule has 0 saturated carbocycles. The molecular weight excluding hydrogens is 304 g/mol. The quantitative estimate of drug-likeness (QED) is 0.882. The molecule has 1 heterocycles. The second kappa shape index (κ2) is 6.19. The lowest BCUT2D eigenvalue weighted by Gasteiger charge is -2.28. The van der Waals surface area contributed by atoms with Crippen LogP contribution in [0.15, 0.2) is 24.8 Å². The molecule has 128 valence electrons. The Morgan fingerprint density at radius 2 is 1.42 bits per heavy atom. The van der Waals surface area contributed by atoms with Gasteiger partial charge in [0.25, 0.3) is 5.91 Å². The SMILES string of the molecule is CC(C)(C)c1cc(C(=O)Nc2ncncn2)cc(C(C)(C)C)c1O. The number of aromatic nitrogens is 3. The van der Waals surface area contributed by atoms with Gasteiger partial charge >= 0.3 is 0 Å². The highest BCUT2D eigenvalue weighted by atomic mass is 16.3. The standard InChI is InChI=1S/C18H24N4O2/c1-17(2,3)12-7-11(8-13(14(12)23)18(4,5)6)15(24)22-16-20-9-19-10-21-16/h7-10,23H,1-6H3,(H,19,20,21,22,24). The smallest absolute Gasteiger partial charge is 0.258 e. The first-order valence-electron chi connectivity index (χ1n) is 7.81. The van der Waals surface area contributed by atoms with E-state index in [0.717, 1.165) is 11.1 Å². The van der Waals surface area contributed by atoms with Gasteiger partial charge in [-0.15, -0.1) is 0 Å². The number of phenols is 1. The molecule has 0 radical (unpaired) electrons. The normalized spacial score (nSPS) is 12.1. The second-order valence-corrected chi connectivity index (χ2v) is 7.84.